The van der Waals surface area contributed by atoms with Crippen LogP contribution in [0.4, 0.5) is 0 Å². The monoisotopic (exact) mass is 520 g/mol. The summed E-state index contributed by atoms with van der Waals surface area (Å²) in [6.07, 6.45) is -7.58. The van der Waals surface area contributed by atoms with Crippen LogP contribution in [0.2, 0.25) is 0 Å². The number of rotatable bonds is 8. The molecule has 0 aliphatic carbocycles. The highest BCUT2D eigenvalue weighted by atomic mass is 79.9. The Bertz CT molecular complexity index is 920. The van der Waals surface area contributed by atoms with E-state index in [1.807, 2.05) is 0 Å². The van der Waals surface area contributed by atoms with Gasteiger partial charge in [-0.05, 0) is 6.07 Å². The van der Waals surface area contributed by atoms with Crippen LogP contribution in [0.15, 0.2) is 24.3 Å². The van der Waals surface area contributed by atoms with Crippen LogP contribution in [0.3, 0.4) is 0 Å². The van der Waals surface area contributed by atoms with Gasteiger partial charge in [-0.1, -0.05) is 34.1 Å². The second kappa shape index (κ2) is 11.8. The van der Waals surface area contributed by atoms with Gasteiger partial charge >= 0.3 is 23.9 Å². The highest BCUT2D eigenvalue weighted by molar-refractivity contribution is 9.08. The van der Waals surface area contributed by atoms with Gasteiger partial charge in [0.1, 0.15) is 18.5 Å². The van der Waals surface area contributed by atoms with Crippen molar-refractivity contribution in [1.29, 1.82) is 0 Å². The van der Waals surface area contributed by atoms with E-state index in [2.05, 4.69) is 15.9 Å². The van der Waals surface area contributed by atoms with Crippen LogP contribution in [0.5, 0.6) is 5.75 Å². The molecule has 0 bridgehead atoms. The van der Waals surface area contributed by atoms with E-state index < -0.39 is 88.8 Å². The van der Waals surface area contributed by atoms with Gasteiger partial charge in [0.15, 0.2) is 12.2 Å². The number of halogens is 1. The Balaban J connectivity index is 2.53. The van der Waals surface area contributed by atoms with Crippen LogP contribution < -0.4 is 4.74 Å². The molecule has 1 aliphatic heterocycles. The molecule has 10 nitrogen and oxygen atoms in total. The third-order valence-corrected chi connectivity index (χ3v) is 4.77. The molecular formula is C21H25BrO10. The lowest BCUT2D eigenvalue weighted by molar-refractivity contribution is -0.288. The predicted molar refractivity (Wildman–Crippen MR) is 112 cm³/mol. The lowest BCUT2D eigenvalue weighted by atomic mass is 9.98. The van der Waals surface area contributed by atoms with E-state index in [-0.39, 0.29) is 0 Å². The Morgan fingerprint density at radius 2 is 1.50 bits per heavy atom. The molecule has 2 rings (SSSR count). The number of alkyl halides is 1. The molecule has 0 N–H and O–H groups in total. The van der Waals surface area contributed by atoms with Crippen LogP contribution in [-0.4, -0.2) is 61.2 Å². The highest BCUT2D eigenvalue weighted by Gasteiger charge is 2.53. The first kappa shape index (κ1) is 20.0. The molecule has 32 heavy (non-hydrogen) atoms. The Morgan fingerprint density at radius 1 is 0.906 bits per heavy atom. The van der Waals surface area contributed by atoms with Gasteiger partial charge in [-0.25, -0.2) is 0 Å². The van der Waals surface area contributed by atoms with Crippen molar-refractivity contribution < 1.29 is 53.1 Å². The van der Waals surface area contributed by atoms with Crippen molar-refractivity contribution in [3.63, 3.8) is 0 Å². The molecule has 1 heterocycles. The predicted octanol–water partition coefficient (Wildman–Crippen LogP) is 2.04. The zero-order chi connectivity index (χ0) is 26.7. The van der Waals surface area contributed by atoms with Gasteiger partial charge in [-0.3, -0.25) is 19.2 Å². The summed E-state index contributed by atoms with van der Waals surface area (Å²) in [6.45, 7) is -3.72. The first-order valence-corrected chi connectivity index (χ1v) is 10.3. The van der Waals surface area contributed by atoms with Gasteiger partial charge in [0, 0.05) is 44.0 Å². The fourth-order valence-corrected chi connectivity index (χ4v) is 3.46. The van der Waals surface area contributed by atoms with Gasteiger partial charge in [0.05, 0.1) is 0 Å². The minimum atomic E-state index is -1.61. The van der Waals surface area contributed by atoms with Crippen LogP contribution in [0, 0.1) is 0 Å². The zero-order valence-corrected chi connectivity index (χ0v) is 18.5. The lowest BCUT2D eigenvalue weighted by Gasteiger charge is -2.44. The number of hydrogen-bond donors (Lipinski definition) is 0. The molecular weight excluding hydrogens is 492 g/mol. The summed E-state index contributed by atoms with van der Waals surface area (Å²) in [5.74, 6) is -3.79. The topological polar surface area (TPSA) is 124 Å². The molecule has 1 unspecified atom stereocenters. The fourth-order valence-electron chi connectivity index (χ4n) is 2.99. The standard InChI is InChI=1S/C21H25BrO10/c1-11(23)27-10-17-18(28-12(2)24)19(29-13(3)25)20(30-14(4)26)21(32-17)31-16-8-6-5-7-15(16)9-22/h5-8,17-21H,9-10H2,1-4H3/t17-,18+,19+,20-,21?/m1/s1/i1D,2D,3D,4D. The quantitative estimate of drug-likeness (QED) is 0.285. The third kappa shape index (κ3) is 7.20. The van der Waals surface area contributed by atoms with Crippen molar-refractivity contribution in [1.82, 2.24) is 0 Å². The number of carbonyl (C=O) groups is 4. The summed E-state index contributed by atoms with van der Waals surface area (Å²) in [4.78, 5) is 47.8. The number of carbonyl (C=O) groups excluding carboxylic acids is 4. The number of hydrogen-bond acceptors (Lipinski definition) is 10. The minimum absolute atomic E-state index is 0.292. The van der Waals surface area contributed by atoms with Crippen molar-refractivity contribution in [3.8, 4) is 5.75 Å². The molecule has 1 aliphatic rings. The van der Waals surface area contributed by atoms with Gasteiger partial charge < -0.3 is 28.4 Å². The smallest absolute Gasteiger partial charge is 0.303 e. The third-order valence-electron chi connectivity index (χ3n) is 4.16. The fraction of sp³-hybridized carbons (Fsp3) is 0.524. The van der Waals surface area contributed by atoms with Crippen molar-refractivity contribution in [2.45, 2.75) is 63.6 Å². The average molecular weight is 521 g/mol. The molecule has 176 valence electrons. The van der Waals surface area contributed by atoms with Gasteiger partial charge in [-0.15, -0.1) is 0 Å². The Labute approximate surface area is 199 Å². The molecule has 0 amide bonds. The molecule has 1 fully saturated rings. The molecule has 5 atom stereocenters. The molecule has 0 aromatic heterocycles. The van der Waals surface area contributed by atoms with E-state index in [0.29, 0.717) is 16.6 Å². The van der Waals surface area contributed by atoms with Crippen LogP contribution in [-0.2, 0) is 48.2 Å². The Kier molecular flexibility index (Phi) is 7.38. The summed E-state index contributed by atoms with van der Waals surface area (Å²) in [6, 6.07) is 6.75. The number of esters is 4. The summed E-state index contributed by atoms with van der Waals surface area (Å²) in [5, 5.41) is 0.374. The minimum Gasteiger partial charge on any atom is -0.463 e. The number of ether oxygens (including phenoxy) is 6. The molecule has 0 radical (unpaired) electrons. The van der Waals surface area contributed by atoms with E-state index in [4.69, 9.17) is 33.9 Å². The van der Waals surface area contributed by atoms with E-state index >= 15 is 0 Å². The summed E-state index contributed by atoms with van der Waals surface area (Å²) in [7, 11) is 0. The second-order valence-electron chi connectivity index (χ2n) is 6.45. The van der Waals surface area contributed by atoms with E-state index in [0.717, 1.165) is 0 Å². The molecule has 0 spiro atoms. The molecule has 1 saturated heterocycles. The number of para-hydroxylation sites is 1. The van der Waals surface area contributed by atoms with Crippen molar-refractivity contribution in [2.24, 2.45) is 0 Å². The van der Waals surface area contributed by atoms with Gasteiger partial charge in [-0.2, -0.15) is 0 Å². The second-order valence-corrected chi connectivity index (χ2v) is 7.01. The molecule has 1 aromatic carbocycles. The summed E-state index contributed by atoms with van der Waals surface area (Å²) < 4.78 is 61.6. The maximum atomic E-state index is 12.1. The summed E-state index contributed by atoms with van der Waals surface area (Å²) in [5.41, 5.74) is 0.673. The molecule has 0 saturated carbocycles. The van der Waals surface area contributed by atoms with Crippen LogP contribution >= 0.6 is 15.9 Å². The first-order valence-electron chi connectivity index (χ1n) is 12.0. The SMILES string of the molecule is [2H]CC(=O)OC[C@H]1OC(Oc2ccccc2CBr)[C@H](OC(=O)C[2H])[C@@H](OC(=O)C[2H])[C@H]1OC(=O)C[2H]. The zero-order valence-electron chi connectivity index (χ0n) is 20.9. The summed E-state index contributed by atoms with van der Waals surface area (Å²) >= 11 is 3.33. The van der Waals surface area contributed by atoms with Crippen LogP contribution in [0.25, 0.3) is 0 Å². The Morgan fingerprint density at radius 3 is 2.12 bits per heavy atom. The first-order chi connectivity index (χ1) is 17.3. The van der Waals surface area contributed by atoms with E-state index in [1.54, 1.807) is 24.3 Å². The largest absolute Gasteiger partial charge is 0.463 e. The Hall–Kier alpha value is -2.66. The maximum absolute atomic E-state index is 12.1. The molecule has 1 aromatic rings. The van der Waals surface area contributed by atoms with Gasteiger partial charge in [0.25, 0.3) is 0 Å². The van der Waals surface area contributed by atoms with Crippen molar-refractivity contribution >= 4 is 39.8 Å². The van der Waals surface area contributed by atoms with E-state index in [9.17, 15) is 19.2 Å². The highest BCUT2D eigenvalue weighted by Crippen LogP contribution is 2.32. The normalized spacial score (nSPS) is 26.3. The molecule has 11 heteroatoms. The maximum Gasteiger partial charge on any atom is 0.303 e. The van der Waals surface area contributed by atoms with Crippen molar-refractivity contribution in [2.75, 3.05) is 6.61 Å². The van der Waals surface area contributed by atoms with Crippen LogP contribution in [0.1, 0.15) is 38.6 Å². The lowest BCUT2D eigenvalue weighted by Crippen LogP contribution is -2.63. The number of benzene rings is 1. The van der Waals surface area contributed by atoms with E-state index in [1.165, 1.54) is 0 Å². The average Bonchev–Trinajstić information content (AvgIpc) is 2.90. The van der Waals surface area contributed by atoms with Gasteiger partial charge in [0.2, 0.25) is 12.4 Å². The van der Waals surface area contributed by atoms with Crippen molar-refractivity contribution in [3.05, 3.63) is 29.8 Å².